The third-order valence-corrected chi connectivity index (χ3v) is 1.90. The molecule has 0 aliphatic rings. The van der Waals surface area contributed by atoms with Crippen molar-refractivity contribution in [3.63, 3.8) is 0 Å². The fourth-order valence-electron chi connectivity index (χ4n) is 1.19. The van der Waals surface area contributed by atoms with Crippen LogP contribution in [0.1, 0.15) is 0 Å². The first kappa shape index (κ1) is 9.46. The van der Waals surface area contributed by atoms with Gasteiger partial charge < -0.3 is 4.42 Å². The lowest BCUT2D eigenvalue weighted by Crippen LogP contribution is -1.61. The van der Waals surface area contributed by atoms with Crippen LogP contribution in [0.2, 0.25) is 0 Å². The molecule has 0 radical (unpaired) electrons. The number of nitrogens with zero attached hydrogens (tertiary/aromatic N) is 1. The molecule has 0 aliphatic carbocycles. The van der Waals surface area contributed by atoms with E-state index in [1.165, 1.54) is 6.39 Å². The molecule has 0 spiro atoms. The lowest BCUT2D eigenvalue weighted by atomic mass is 10.3. The van der Waals surface area contributed by atoms with Crippen LogP contribution in [0, 0.1) is 0 Å². The van der Waals surface area contributed by atoms with Crippen LogP contribution in [0.15, 0.2) is 71.5 Å². The quantitative estimate of drug-likeness (QED) is 0.551. The molecule has 2 heteroatoms. The first-order chi connectivity index (χ1) is 7.47. The monoisotopic (exact) mass is 197 g/mol. The summed E-state index contributed by atoms with van der Waals surface area (Å²) in [5.41, 5.74) is 1.76. The summed E-state index contributed by atoms with van der Waals surface area (Å²) in [6, 6.07) is 19.7. The molecule has 0 amide bonds. The molecule has 74 valence electrons. The van der Waals surface area contributed by atoms with Crippen molar-refractivity contribution in [2.24, 2.45) is 0 Å². The molecule has 0 saturated carbocycles. The molecule has 1 aromatic heterocycles. The highest BCUT2D eigenvalue weighted by Crippen LogP contribution is 2.09. The first-order valence-electron chi connectivity index (χ1n) is 4.75. The van der Waals surface area contributed by atoms with Gasteiger partial charge in [-0.05, 0) is 12.1 Å². The largest absolute Gasteiger partial charge is 0.443 e. The fourth-order valence-corrected chi connectivity index (χ4v) is 1.19. The zero-order chi connectivity index (χ0) is 10.3. The van der Waals surface area contributed by atoms with Gasteiger partial charge in [-0.25, -0.2) is 4.98 Å². The second-order valence-corrected chi connectivity index (χ2v) is 2.97. The van der Waals surface area contributed by atoms with Gasteiger partial charge in [-0.3, -0.25) is 0 Å². The maximum atomic E-state index is 5.01. The van der Waals surface area contributed by atoms with E-state index in [0.717, 1.165) is 11.1 Å². The number of oxazole rings is 1. The number of hydrogen-bond donors (Lipinski definition) is 0. The number of hydrogen-bond acceptors (Lipinski definition) is 2. The van der Waals surface area contributed by atoms with Crippen LogP contribution >= 0.6 is 0 Å². The van der Waals surface area contributed by atoms with Gasteiger partial charge in [-0.1, -0.05) is 48.5 Å². The summed E-state index contributed by atoms with van der Waals surface area (Å²) in [6.45, 7) is 0. The predicted octanol–water partition coefficient (Wildman–Crippen LogP) is 3.51. The molecule has 0 N–H and O–H groups in total. The molecular formula is C13H11NO. The summed E-state index contributed by atoms with van der Waals surface area (Å²) in [5, 5.41) is 0. The Morgan fingerprint density at radius 2 is 1.33 bits per heavy atom. The molecule has 2 nitrogen and oxygen atoms in total. The Bertz CT molecular complexity index is 445. The summed E-state index contributed by atoms with van der Waals surface area (Å²) < 4.78 is 5.01. The van der Waals surface area contributed by atoms with Crippen LogP contribution < -0.4 is 0 Å². The molecule has 0 aliphatic heterocycles. The smallest absolute Gasteiger partial charge is 0.181 e. The minimum atomic E-state index is 0.845. The number of aromatic nitrogens is 1. The molecule has 2 aromatic carbocycles. The van der Waals surface area contributed by atoms with Crippen molar-refractivity contribution in [3.05, 3.63) is 67.1 Å². The van der Waals surface area contributed by atoms with E-state index >= 15 is 0 Å². The highest BCUT2D eigenvalue weighted by molar-refractivity contribution is 5.71. The van der Waals surface area contributed by atoms with E-state index in [9.17, 15) is 0 Å². The molecule has 3 aromatic rings. The summed E-state index contributed by atoms with van der Waals surface area (Å²) >= 11 is 0. The minimum Gasteiger partial charge on any atom is -0.443 e. The number of fused-ring (bicyclic) bond motifs is 1. The lowest BCUT2D eigenvalue weighted by molar-refractivity contribution is 0.602. The Morgan fingerprint density at radius 3 is 1.93 bits per heavy atom. The molecule has 3 rings (SSSR count). The van der Waals surface area contributed by atoms with Crippen molar-refractivity contribution in [1.29, 1.82) is 0 Å². The summed E-state index contributed by atoms with van der Waals surface area (Å²) in [6.07, 6.45) is 1.45. The Balaban J connectivity index is 0.000000124. The van der Waals surface area contributed by atoms with Gasteiger partial charge in [0.05, 0.1) is 0 Å². The molecule has 0 bridgehead atoms. The van der Waals surface area contributed by atoms with E-state index in [-0.39, 0.29) is 0 Å². The third-order valence-electron chi connectivity index (χ3n) is 1.90. The predicted molar refractivity (Wildman–Crippen MR) is 60.5 cm³/mol. The molecule has 0 atom stereocenters. The minimum absolute atomic E-state index is 0.845. The highest BCUT2D eigenvalue weighted by atomic mass is 16.3. The number of para-hydroxylation sites is 2. The number of benzene rings is 2. The molecule has 0 unspecified atom stereocenters. The van der Waals surface area contributed by atoms with Gasteiger partial charge in [0.2, 0.25) is 0 Å². The van der Waals surface area contributed by atoms with Gasteiger partial charge >= 0.3 is 0 Å². The van der Waals surface area contributed by atoms with Crippen LogP contribution in [-0.4, -0.2) is 4.98 Å². The summed E-state index contributed by atoms with van der Waals surface area (Å²) in [7, 11) is 0. The fraction of sp³-hybridized carbons (Fsp3) is 0. The van der Waals surface area contributed by atoms with Crippen molar-refractivity contribution in [2.45, 2.75) is 0 Å². The van der Waals surface area contributed by atoms with Gasteiger partial charge in [0.15, 0.2) is 12.0 Å². The first-order valence-corrected chi connectivity index (χ1v) is 4.75. The lowest BCUT2D eigenvalue weighted by Gasteiger charge is -1.79. The van der Waals surface area contributed by atoms with E-state index < -0.39 is 0 Å². The summed E-state index contributed by atoms with van der Waals surface area (Å²) in [4.78, 5) is 3.95. The van der Waals surface area contributed by atoms with E-state index in [0.29, 0.717) is 0 Å². The molecule has 0 saturated heterocycles. The van der Waals surface area contributed by atoms with Crippen molar-refractivity contribution >= 4 is 11.1 Å². The summed E-state index contributed by atoms with van der Waals surface area (Å²) in [5.74, 6) is 0. The van der Waals surface area contributed by atoms with E-state index in [1.807, 2.05) is 60.7 Å². The second-order valence-electron chi connectivity index (χ2n) is 2.97. The topological polar surface area (TPSA) is 26.0 Å². The molecule has 0 fully saturated rings. The van der Waals surface area contributed by atoms with Crippen LogP contribution in [0.25, 0.3) is 11.1 Å². The maximum absolute atomic E-state index is 5.01. The Hall–Kier alpha value is -2.09. The van der Waals surface area contributed by atoms with Gasteiger partial charge in [0, 0.05) is 0 Å². The standard InChI is InChI=1S/C7H5NO.C6H6/c1-2-4-7-6(3-1)8-5-9-7;1-2-4-6-5-3-1/h1-5H;1-6H. The maximum Gasteiger partial charge on any atom is 0.181 e. The van der Waals surface area contributed by atoms with Crippen molar-refractivity contribution in [2.75, 3.05) is 0 Å². The Morgan fingerprint density at radius 1 is 0.733 bits per heavy atom. The van der Waals surface area contributed by atoms with Gasteiger partial charge in [-0.15, -0.1) is 0 Å². The van der Waals surface area contributed by atoms with Crippen LogP contribution in [0.3, 0.4) is 0 Å². The van der Waals surface area contributed by atoms with Crippen molar-refractivity contribution < 1.29 is 4.42 Å². The molecular weight excluding hydrogens is 186 g/mol. The second kappa shape index (κ2) is 4.96. The normalized spacial score (nSPS) is 9.33. The highest BCUT2D eigenvalue weighted by Gasteiger charge is 1.91. The van der Waals surface area contributed by atoms with E-state index in [1.54, 1.807) is 0 Å². The van der Waals surface area contributed by atoms with Gasteiger partial charge in [-0.2, -0.15) is 0 Å². The average molecular weight is 197 g/mol. The zero-order valence-electron chi connectivity index (χ0n) is 8.21. The SMILES string of the molecule is c1ccc2ocnc2c1.c1ccccc1. The van der Waals surface area contributed by atoms with Crippen LogP contribution in [0.4, 0.5) is 0 Å². The Labute approximate surface area is 88.2 Å². The zero-order valence-corrected chi connectivity index (χ0v) is 8.21. The molecule has 1 heterocycles. The van der Waals surface area contributed by atoms with Crippen LogP contribution in [0.5, 0.6) is 0 Å². The van der Waals surface area contributed by atoms with Gasteiger partial charge in [0.25, 0.3) is 0 Å². The third kappa shape index (κ3) is 2.68. The van der Waals surface area contributed by atoms with E-state index in [2.05, 4.69) is 4.98 Å². The van der Waals surface area contributed by atoms with Crippen molar-refractivity contribution in [1.82, 2.24) is 4.98 Å². The average Bonchev–Trinajstić information content (AvgIpc) is 2.80. The van der Waals surface area contributed by atoms with Gasteiger partial charge in [0.1, 0.15) is 5.52 Å². The van der Waals surface area contributed by atoms with Crippen molar-refractivity contribution in [3.8, 4) is 0 Å². The Kier molecular flexibility index (Phi) is 3.13. The van der Waals surface area contributed by atoms with Crippen LogP contribution in [-0.2, 0) is 0 Å². The van der Waals surface area contributed by atoms with E-state index in [4.69, 9.17) is 4.42 Å². The molecule has 15 heavy (non-hydrogen) atoms. The number of rotatable bonds is 0.